The molecule has 0 aliphatic carbocycles. The molecule has 3 heteroatoms. The Kier molecular flexibility index (Phi) is 6.33. The Hall–Kier alpha value is -2.16. The lowest BCUT2D eigenvalue weighted by Crippen LogP contribution is -2.33. The van der Waals surface area contributed by atoms with Gasteiger partial charge in [-0.15, -0.1) is 0 Å². The molecule has 1 heterocycles. The highest BCUT2D eigenvalue weighted by atomic mass is 16.1. The molecule has 2 rings (SSSR count). The van der Waals surface area contributed by atoms with Crippen molar-refractivity contribution in [3.8, 4) is 0 Å². The molecule has 0 aliphatic heterocycles. The molecule has 0 saturated carbocycles. The third kappa shape index (κ3) is 5.85. The summed E-state index contributed by atoms with van der Waals surface area (Å²) in [6, 6.07) is 14.4. The van der Waals surface area contributed by atoms with Crippen LogP contribution >= 0.6 is 0 Å². The average molecular weight is 310 g/mol. The molecule has 0 saturated heterocycles. The van der Waals surface area contributed by atoms with Crippen molar-refractivity contribution >= 4 is 5.91 Å². The molecule has 0 spiro atoms. The molecule has 122 valence electrons. The first-order valence-corrected chi connectivity index (χ1v) is 8.26. The average Bonchev–Trinajstić information content (AvgIpc) is 2.54. The molecule has 1 aromatic heterocycles. The number of nitrogens with zero attached hydrogens (tertiary/aromatic N) is 1. The van der Waals surface area contributed by atoms with Gasteiger partial charge in [-0.1, -0.05) is 50.2 Å². The number of carbonyl (C=O) groups is 1. The van der Waals surface area contributed by atoms with E-state index in [1.165, 1.54) is 5.56 Å². The number of pyridine rings is 1. The van der Waals surface area contributed by atoms with Crippen LogP contribution in [-0.2, 0) is 17.6 Å². The van der Waals surface area contributed by atoms with Crippen LogP contribution in [0.25, 0.3) is 0 Å². The van der Waals surface area contributed by atoms with E-state index in [-0.39, 0.29) is 5.91 Å². The second-order valence-electron chi connectivity index (χ2n) is 6.48. The Morgan fingerprint density at radius 1 is 1.09 bits per heavy atom. The number of aryl methyl sites for hydroxylation is 1. The van der Waals surface area contributed by atoms with Crippen molar-refractivity contribution in [3.63, 3.8) is 0 Å². The molecule has 1 unspecified atom stereocenters. The quantitative estimate of drug-likeness (QED) is 0.849. The summed E-state index contributed by atoms with van der Waals surface area (Å²) in [5, 5.41) is 3.08. The minimum absolute atomic E-state index is 0.0642. The molecule has 1 atom stereocenters. The normalized spacial score (nSPS) is 12.2. The molecular weight excluding hydrogens is 284 g/mol. The summed E-state index contributed by atoms with van der Waals surface area (Å²) >= 11 is 0. The van der Waals surface area contributed by atoms with Gasteiger partial charge in [-0.05, 0) is 42.4 Å². The predicted molar refractivity (Wildman–Crippen MR) is 94.2 cm³/mol. The molecule has 0 fully saturated rings. The van der Waals surface area contributed by atoms with Crippen molar-refractivity contribution in [3.05, 3.63) is 65.5 Å². The minimum atomic E-state index is 0.0642. The van der Waals surface area contributed by atoms with Crippen molar-refractivity contribution in [1.82, 2.24) is 10.3 Å². The Labute approximate surface area is 139 Å². The first-order valence-electron chi connectivity index (χ1n) is 8.26. The zero-order valence-corrected chi connectivity index (χ0v) is 14.3. The van der Waals surface area contributed by atoms with Crippen LogP contribution in [0.3, 0.4) is 0 Å². The highest BCUT2D eigenvalue weighted by molar-refractivity contribution is 5.78. The van der Waals surface area contributed by atoms with E-state index in [1.807, 2.05) is 25.1 Å². The van der Waals surface area contributed by atoms with Crippen molar-refractivity contribution < 1.29 is 4.79 Å². The molecule has 3 nitrogen and oxygen atoms in total. The van der Waals surface area contributed by atoms with E-state index in [4.69, 9.17) is 0 Å². The molecular formula is C20H26N2O. The summed E-state index contributed by atoms with van der Waals surface area (Å²) in [6.07, 6.45) is 3.16. The number of aromatic nitrogens is 1. The van der Waals surface area contributed by atoms with Crippen LogP contribution in [0.15, 0.2) is 48.7 Å². The predicted octanol–water partition coefficient (Wildman–Crippen LogP) is 3.56. The maximum absolute atomic E-state index is 12.1. The summed E-state index contributed by atoms with van der Waals surface area (Å²) in [5.74, 6) is 1.03. The number of hydrogen-bond donors (Lipinski definition) is 1. The van der Waals surface area contributed by atoms with Gasteiger partial charge in [0, 0.05) is 18.4 Å². The van der Waals surface area contributed by atoms with E-state index < -0.39 is 0 Å². The molecule has 0 radical (unpaired) electrons. The lowest BCUT2D eigenvalue weighted by atomic mass is 9.89. The van der Waals surface area contributed by atoms with Gasteiger partial charge in [-0.2, -0.15) is 0 Å². The number of rotatable bonds is 7. The van der Waals surface area contributed by atoms with Gasteiger partial charge in [0.2, 0.25) is 5.91 Å². The van der Waals surface area contributed by atoms with Gasteiger partial charge >= 0.3 is 0 Å². The van der Waals surface area contributed by atoms with Crippen LogP contribution < -0.4 is 5.32 Å². The lowest BCUT2D eigenvalue weighted by molar-refractivity contribution is -0.120. The van der Waals surface area contributed by atoms with Gasteiger partial charge in [-0.3, -0.25) is 9.78 Å². The molecule has 1 aromatic carbocycles. The third-order valence-corrected chi connectivity index (χ3v) is 4.18. The van der Waals surface area contributed by atoms with E-state index in [1.54, 1.807) is 6.20 Å². The number of amides is 1. The molecule has 0 aliphatic rings. The molecule has 1 amide bonds. The van der Waals surface area contributed by atoms with Crippen LogP contribution in [0, 0.1) is 18.8 Å². The van der Waals surface area contributed by atoms with Crippen molar-refractivity contribution in [1.29, 1.82) is 0 Å². The third-order valence-electron chi connectivity index (χ3n) is 4.18. The van der Waals surface area contributed by atoms with Gasteiger partial charge in [0.15, 0.2) is 0 Å². The topological polar surface area (TPSA) is 42.0 Å². The Bertz CT molecular complexity index is 605. The highest BCUT2D eigenvalue weighted by Crippen LogP contribution is 2.16. The molecule has 23 heavy (non-hydrogen) atoms. The monoisotopic (exact) mass is 310 g/mol. The Morgan fingerprint density at radius 3 is 2.43 bits per heavy atom. The summed E-state index contributed by atoms with van der Waals surface area (Å²) in [6.45, 7) is 7.08. The zero-order valence-electron chi connectivity index (χ0n) is 14.3. The Balaban J connectivity index is 1.85. The standard InChI is InChI=1S/C20H26N2O/c1-15(2)19(11-17-7-5-4-6-8-17)14-22-20(23)12-18-10-9-16(3)21-13-18/h4-10,13,15,19H,11-12,14H2,1-3H3,(H,22,23). The first kappa shape index (κ1) is 17.2. The minimum Gasteiger partial charge on any atom is -0.356 e. The fourth-order valence-corrected chi connectivity index (χ4v) is 2.56. The van der Waals surface area contributed by atoms with Crippen molar-refractivity contribution in [2.24, 2.45) is 11.8 Å². The van der Waals surface area contributed by atoms with Gasteiger partial charge in [-0.25, -0.2) is 0 Å². The van der Waals surface area contributed by atoms with E-state index in [9.17, 15) is 4.79 Å². The van der Waals surface area contributed by atoms with Crippen LogP contribution in [0.1, 0.15) is 30.7 Å². The number of nitrogens with one attached hydrogen (secondary N) is 1. The fraction of sp³-hybridized carbons (Fsp3) is 0.400. The summed E-state index contributed by atoms with van der Waals surface area (Å²) < 4.78 is 0. The van der Waals surface area contributed by atoms with Gasteiger partial charge in [0.05, 0.1) is 6.42 Å². The van der Waals surface area contributed by atoms with Gasteiger partial charge < -0.3 is 5.32 Å². The van der Waals surface area contributed by atoms with Crippen LogP contribution in [0.2, 0.25) is 0 Å². The van der Waals surface area contributed by atoms with Crippen molar-refractivity contribution in [2.45, 2.75) is 33.6 Å². The Morgan fingerprint density at radius 2 is 1.83 bits per heavy atom. The van der Waals surface area contributed by atoms with Gasteiger partial charge in [0.25, 0.3) is 0 Å². The molecule has 0 bridgehead atoms. The zero-order chi connectivity index (χ0) is 16.7. The number of carbonyl (C=O) groups excluding carboxylic acids is 1. The largest absolute Gasteiger partial charge is 0.356 e. The SMILES string of the molecule is Cc1ccc(CC(=O)NCC(Cc2ccccc2)C(C)C)cn1. The van der Waals surface area contributed by atoms with Crippen molar-refractivity contribution in [2.75, 3.05) is 6.54 Å². The van der Waals surface area contributed by atoms with E-state index in [2.05, 4.69) is 48.4 Å². The fourth-order valence-electron chi connectivity index (χ4n) is 2.56. The second-order valence-corrected chi connectivity index (χ2v) is 6.48. The van der Waals surface area contributed by atoms with Gasteiger partial charge in [0.1, 0.15) is 0 Å². The molecule has 2 aromatic rings. The smallest absolute Gasteiger partial charge is 0.224 e. The summed E-state index contributed by atoms with van der Waals surface area (Å²) in [5.41, 5.74) is 3.25. The first-order chi connectivity index (χ1) is 11.0. The summed E-state index contributed by atoms with van der Waals surface area (Å²) in [7, 11) is 0. The molecule has 1 N–H and O–H groups in total. The maximum atomic E-state index is 12.1. The summed E-state index contributed by atoms with van der Waals surface area (Å²) in [4.78, 5) is 16.4. The van der Waals surface area contributed by atoms with E-state index in [0.29, 0.717) is 24.8 Å². The van der Waals surface area contributed by atoms with E-state index in [0.717, 1.165) is 17.7 Å². The maximum Gasteiger partial charge on any atom is 0.224 e. The number of hydrogen-bond acceptors (Lipinski definition) is 2. The van der Waals surface area contributed by atoms with Crippen LogP contribution in [0.5, 0.6) is 0 Å². The van der Waals surface area contributed by atoms with E-state index >= 15 is 0 Å². The lowest BCUT2D eigenvalue weighted by Gasteiger charge is -2.21. The number of benzene rings is 1. The second kappa shape index (κ2) is 8.47. The van der Waals surface area contributed by atoms with Crippen LogP contribution in [-0.4, -0.2) is 17.4 Å². The highest BCUT2D eigenvalue weighted by Gasteiger charge is 2.15. The van der Waals surface area contributed by atoms with Crippen LogP contribution in [0.4, 0.5) is 0 Å².